The van der Waals surface area contributed by atoms with E-state index in [9.17, 15) is 8.78 Å². The zero-order valence-corrected chi connectivity index (χ0v) is 13.5. The van der Waals surface area contributed by atoms with Gasteiger partial charge in [-0.3, -0.25) is 0 Å². The molecular formula is C16H10Cl2F2N4. The van der Waals surface area contributed by atoms with E-state index in [2.05, 4.69) is 20.6 Å². The number of hydrogen-bond donors (Lipinski definition) is 2. The summed E-state index contributed by atoms with van der Waals surface area (Å²) >= 11 is 11.9. The molecule has 0 bridgehead atoms. The molecule has 0 saturated carbocycles. The van der Waals surface area contributed by atoms with E-state index in [1.807, 2.05) is 0 Å². The van der Waals surface area contributed by atoms with Crippen molar-refractivity contribution in [2.45, 2.75) is 0 Å². The quantitative estimate of drug-likeness (QED) is 0.635. The van der Waals surface area contributed by atoms with Gasteiger partial charge in [-0.05, 0) is 36.4 Å². The normalized spacial score (nSPS) is 10.5. The zero-order chi connectivity index (χ0) is 17.1. The largest absolute Gasteiger partial charge is 0.338 e. The first-order valence-electron chi connectivity index (χ1n) is 6.78. The molecule has 0 aliphatic carbocycles. The number of benzene rings is 2. The molecule has 3 aromatic rings. The lowest BCUT2D eigenvalue weighted by Crippen LogP contribution is -2.01. The number of halogens is 4. The van der Waals surface area contributed by atoms with Crippen LogP contribution < -0.4 is 10.6 Å². The van der Waals surface area contributed by atoms with Crippen LogP contribution in [-0.4, -0.2) is 9.97 Å². The summed E-state index contributed by atoms with van der Waals surface area (Å²) in [5.41, 5.74) is 0.678. The monoisotopic (exact) mass is 366 g/mol. The smallest absolute Gasteiger partial charge is 0.229 e. The first kappa shape index (κ1) is 16.4. The van der Waals surface area contributed by atoms with Gasteiger partial charge in [0.1, 0.15) is 17.5 Å². The van der Waals surface area contributed by atoms with Crippen LogP contribution in [0.5, 0.6) is 0 Å². The Bertz CT molecular complexity index is 821. The molecule has 0 fully saturated rings. The molecule has 0 aliphatic rings. The number of aromatic nitrogens is 2. The van der Waals surface area contributed by atoms with Gasteiger partial charge in [0, 0.05) is 17.3 Å². The van der Waals surface area contributed by atoms with E-state index < -0.39 is 11.6 Å². The van der Waals surface area contributed by atoms with Crippen molar-refractivity contribution >= 4 is 46.3 Å². The maximum atomic E-state index is 13.7. The first-order chi connectivity index (χ1) is 11.5. The van der Waals surface area contributed by atoms with Gasteiger partial charge >= 0.3 is 0 Å². The SMILES string of the molecule is Fc1ccc(Nc2ccnc(Nc3ccc(Cl)cc3Cl)n2)c(F)c1. The summed E-state index contributed by atoms with van der Waals surface area (Å²) in [5, 5.41) is 6.62. The Hall–Kier alpha value is -2.44. The van der Waals surface area contributed by atoms with E-state index in [-0.39, 0.29) is 11.6 Å². The predicted molar refractivity (Wildman–Crippen MR) is 91.4 cm³/mol. The van der Waals surface area contributed by atoms with Gasteiger partial charge in [-0.15, -0.1) is 0 Å². The molecule has 0 aliphatic heterocycles. The maximum Gasteiger partial charge on any atom is 0.229 e. The van der Waals surface area contributed by atoms with Crippen LogP contribution in [0, 0.1) is 11.6 Å². The highest BCUT2D eigenvalue weighted by atomic mass is 35.5. The summed E-state index contributed by atoms with van der Waals surface area (Å²) in [5.74, 6) is -0.779. The van der Waals surface area contributed by atoms with Crippen LogP contribution in [0.4, 0.5) is 31.9 Å². The summed E-state index contributed by atoms with van der Waals surface area (Å²) in [6.45, 7) is 0. The minimum atomic E-state index is -0.719. The lowest BCUT2D eigenvalue weighted by atomic mass is 10.3. The molecule has 0 saturated heterocycles. The van der Waals surface area contributed by atoms with Crippen LogP contribution in [0.25, 0.3) is 0 Å². The molecule has 3 rings (SSSR count). The van der Waals surface area contributed by atoms with E-state index >= 15 is 0 Å². The van der Waals surface area contributed by atoms with Crippen molar-refractivity contribution in [1.82, 2.24) is 9.97 Å². The molecular weight excluding hydrogens is 357 g/mol. The maximum absolute atomic E-state index is 13.7. The highest BCUT2D eigenvalue weighted by molar-refractivity contribution is 6.36. The Morgan fingerprint density at radius 1 is 0.875 bits per heavy atom. The molecule has 122 valence electrons. The number of nitrogens with zero attached hydrogens (tertiary/aromatic N) is 2. The molecule has 0 spiro atoms. The van der Waals surface area contributed by atoms with E-state index in [0.29, 0.717) is 21.6 Å². The Kier molecular flexibility index (Phi) is 4.78. The highest BCUT2D eigenvalue weighted by Crippen LogP contribution is 2.27. The molecule has 1 aromatic heterocycles. The van der Waals surface area contributed by atoms with Gasteiger partial charge in [0.15, 0.2) is 0 Å². The minimum Gasteiger partial charge on any atom is -0.338 e. The molecule has 8 heteroatoms. The van der Waals surface area contributed by atoms with Gasteiger partial charge in [-0.2, -0.15) is 4.98 Å². The Labute approximate surface area is 146 Å². The standard InChI is InChI=1S/C16H10Cl2F2N4/c17-9-1-3-13(11(18)7-9)23-16-21-6-5-15(24-16)22-14-4-2-10(19)8-12(14)20/h1-8H,(H2,21,22,23,24). The van der Waals surface area contributed by atoms with Crippen molar-refractivity contribution < 1.29 is 8.78 Å². The van der Waals surface area contributed by atoms with E-state index in [4.69, 9.17) is 23.2 Å². The van der Waals surface area contributed by atoms with E-state index in [1.165, 1.54) is 12.3 Å². The molecule has 2 aromatic carbocycles. The molecule has 1 heterocycles. The third-order valence-electron chi connectivity index (χ3n) is 3.03. The average molecular weight is 367 g/mol. The molecule has 0 unspecified atom stereocenters. The van der Waals surface area contributed by atoms with Crippen molar-refractivity contribution in [3.8, 4) is 0 Å². The fourth-order valence-corrected chi connectivity index (χ4v) is 2.38. The van der Waals surface area contributed by atoms with Crippen molar-refractivity contribution in [1.29, 1.82) is 0 Å². The second-order valence-electron chi connectivity index (χ2n) is 4.76. The fraction of sp³-hybridized carbons (Fsp3) is 0. The molecule has 0 atom stereocenters. The second-order valence-corrected chi connectivity index (χ2v) is 5.61. The lowest BCUT2D eigenvalue weighted by molar-refractivity contribution is 0.586. The molecule has 2 N–H and O–H groups in total. The number of anilines is 4. The summed E-state index contributed by atoms with van der Waals surface area (Å²) in [6.07, 6.45) is 1.49. The van der Waals surface area contributed by atoms with Crippen LogP contribution in [-0.2, 0) is 0 Å². The highest BCUT2D eigenvalue weighted by Gasteiger charge is 2.07. The van der Waals surface area contributed by atoms with Crippen LogP contribution in [0.2, 0.25) is 10.0 Å². The van der Waals surface area contributed by atoms with Crippen LogP contribution in [0.1, 0.15) is 0 Å². The zero-order valence-electron chi connectivity index (χ0n) is 12.0. The van der Waals surface area contributed by atoms with Crippen LogP contribution in [0.3, 0.4) is 0 Å². The predicted octanol–water partition coefficient (Wildman–Crippen LogP) is 5.55. The van der Waals surface area contributed by atoms with Crippen LogP contribution in [0.15, 0.2) is 48.7 Å². The van der Waals surface area contributed by atoms with Gasteiger partial charge in [-0.25, -0.2) is 13.8 Å². The summed E-state index contributed by atoms with van der Waals surface area (Å²) < 4.78 is 26.6. The summed E-state index contributed by atoms with van der Waals surface area (Å²) in [6, 6.07) is 9.73. The Morgan fingerprint density at radius 2 is 1.67 bits per heavy atom. The molecule has 0 radical (unpaired) electrons. The van der Waals surface area contributed by atoms with Crippen molar-refractivity contribution in [2.75, 3.05) is 10.6 Å². The number of rotatable bonds is 4. The molecule has 24 heavy (non-hydrogen) atoms. The van der Waals surface area contributed by atoms with Gasteiger partial charge in [0.2, 0.25) is 5.95 Å². The van der Waals surface area contributed by atoms with Gasteiger partial charge < -0.3 is 10.6 Å². The topological polar surface area (TPSA) is 49.8 Å². The van der Waals surface area contributed by atoms with Gasteiger partial charge in [-0.1, -0.05) is 23.2 Å². The first-order valence-corrected chi connectivity index (χ1v) is 7.54. The van der Waals surface area contributed by atoms with E-state index in [1.54, 1.807) is 24.3 Å². The third kappa shape index (κ3) is 3.90. The number of nitrogens with one attached hydrogen (secondary N) is 2. The Morgan fingerprint density at radius 3 is 2.42 bits per heavy atom. The van der Waals surface area contributed by atoms with Crippen molar-refractivity contribution in [3.63, 3.8) is 0 Å². The van der Waals surface area contributed by atoms with Crippen molar-refractivity contribution in [3.05, 3.63) is 70.3 Å². The molecule has 0 amide bonds. The third-order valence-corrected chi connectivity index (χ3v) is 3.57. The Balaban J connectivity index is 1.81. The van der Waals surface area contributed by atoms with Gasteiger partial charge in [0.05, 0.1) is 16.4 Å². The summed E-state index contributed by atoms with van der Waals surface area (Å²) in [4.78, 5) is 8.27. The lowest BCUT2D eigenvalue weighted by Gasteiger charge is -2.10. The summed E-state index contributed by atoms with van der Waals surface area (Å²) in [7, 11) is 0. The fourth-order valence-electron chi connectivity index (χ4n) is 1.93. The number of hydrogen-bond acceptors (Lipinski definition) is 4. The van der Waals surface area contributed by atoms with Crippen LogP contribution >= 0.6 is 23.2 Å². The second kappa shape index (κ2) is 6.98. The molecule has 4 nitrogen and oxygen atoms in total. The minimum absolute atomic E-state index is 0.102. The van der Waals surface area contributed by atoms with Crippen molar-refractivity contribution in [2.24, 2.45) is 0 Å². The van der Waals surface area contributed by atoms with Gasteiger partial charge in [0.25, 0.3) is 0 Å². The average Bonchev–Trinajstić information content (AvgIpc) is 2.53. The van der Waals surface area contributed by atoms with E-state index in [0.717, 1.165) is 12.1 Å².